The van der Waals surface area contributed by atoms with E-state index in [2.05, 4.69) is 10.1 Å². The highest BCUT2D eigenvalue weighted by molar-refractivity contribution is 5.88. The van der Waals surface area contributed by atoms with E-state index >= 15 is 0 Å². The molecule has 2 N–H and O–H groups in total. The second-order valence-electron chi connectivity index (χ2n) is 2.08. The molecule has 0 radical (unpaired) electrons. The average Bonchev–Trinajstić information content (AvgIpc) is 2.48. The maximum absolute atomic E-state index is 10.7. The summed E-state index contributed by atoms with van der Waals surface area (Å²) in [5.74, 6) is -0.546. The smallest absolute Gasteiger partial charge is 0.286 e. The zero-order valence-electron chi connectivity index (χ0n) is 6.27. The summed E-state index contributed by atoms with van der Waals surface area (Å²) in [6.07, 6.45) is 1.51. The molecule has 12 heavy (non-hydrogen) atoms. The van der Waals surface area contributed by atoms with Crippen molar-refractivity contribution in [1.82, 2.24) is 14.8 Å². The summed E-state index contributed by atoms with van der Waals surface area (Å²) in [6, 6.07) is 1.93. The molecule has 0 fully saturated rings. The quantitative estimate of drug-likeness (QED) is 0.639. The maximum Gasteiger partial charge on any atom is 0.286 e. The van der Waals surface area contributed by atoms with Gasteiger partial charge in [-0.25, -0.2) is 9.67 Å². The number of hydrogen-bond donors (Lipinski definition) is 1. The van der Waals surface area contributed by atoms with Gasteiger partial charge in [-0.2, -0.15) is 10.4 Å². The van der Waals surface area contributed by atoms with Crippen molar-refractivity contribution in [2.45, 2.75) is 13.0 Å². The molecule has 1 aromatic heterocycles. The van der Waals surface area contributed by atoms with Gasteiger partial charge in [0.2, 0.25) is 5.82 Å². The topological polar surface area (TPSA) is 97.6 Å². The van der Waals surface area contributed by atoms with Crippen LogP contribution in [0.15, 0.2) is 6.33 Å². The van der Waals surface area contributed by atoms with E-state index in [-0.39, 0.29) is 12.2 Å². The summed E-state index contributed by atoms with van der Waals surface area (Å²) in [7, 11) is 0. The van der Waals surface area contributed by atoms with Crippen LogP contribution in [-0.2, 0) is 6.54 Å². The van der Waals surface area contributed by atoms with E-state index in [0.717, 1.165) is 0 Å². The number of nitrogens with two attached hydrogens (primary N) is 1. The molecule has 62 valence electrons. The molecule has 1 heterocycles. The first-order valence-corrected chi connectivity index (χ1v) is 3.30. The first-order valence-electron chi connectivity index (χ1n) is 3.30. The van der Waals surface area contributed by atoms with Crippen LogP contribution in [0.1, 0.15) is 17.0 Å². The fourth-order valence-corrected chi connectivity index (χ4v) is 0.775. The minimum atomic E-state index is -0.634. The lowest BCUT2D eigenvalue weighted by atomic mass is 10.4. The molecule has 0 unspecified atom stereocenters. The van der Waals surface area contributed by atoms with Gasteiger partial charge in [0, 0.05) is 0 Å². The molecule has 0 spiro atoms. The first-order chi connectivity index (χ1) is 5.75. The monoisotopic (exact) mass is 165 g/mol. The van der Waals surface area contributed by atoms with Gasteiger partial charge >= 0.3 is 0 Å². The average molecular weight is 165 g/mol. The lowest BCUT2D eigenvalue weighted by molar-refractivity contribution is 0.0985. The van der Waals surface area contributed by atoms with E-state index in [9.17, 15) is 4.79 Å². The van der Waals surface area contributed by atoms with Crippen LogP contribution in [0.4, 0.5) is 0 Å². The van der Waals surface area contributed by atoms with Gasteiger partial charge in [0.15, 0.2) is 0 Å². The Morgan fingerprint density at radius 1 is 1.83 bits per heavy atom. The number of aryl methyl sites for hydroxylation is 1. The van der Waals surface area contributed by atoms with Crippen molar-refractivity contribution in [2.75, 3.05) is 0 Å². The molecule has 6 nitrogen and oxygen atoms in total. The van der Waals surface area contributed by atoms with Gasteiger partial charge in [-0.05, 0) is 0 Å². The lowest BCUT2D eigenvalue weighted by Gasteiger charge is -1.97. The highest BCUT2D eigenvalue weighted by atomic mass is 16.1. The highest BCUT2D eigenvalue weighted by Gasteiger charge is 2.08. The SMILES string of the molecule is N#CCCn1ncnc1C(N)=O. The van der Waals surface area contributed by atoms with Crippen LogP contribution in [0.2, 0.25) is 0 Å². The predicted octanol–water partition coefficient (Wildman–Crippen LogP) is -0.709. The number of rotatable bonds is 3. The molecule has 0 aromatic carbocycles. The third-order valence-electron chi connectivity index (χ3n) is 1.27. The number of aromatic nitrogens is 3. The van der Waals surface area contributed by atoms with E-state index < -0.39 is 5.91 Å². The molecule has 1 rings (SSSR count). The molecule has 1 amide bonds. The zero-order chi connectivity index (χ0) is 8.97. The minimum absolute atomic E-state index is 0.0882. The van der Waals surface area contributed by atoms with Gasteiger partial charge in [-0.3, -0.25) is 4.79 Å². The van der Waals surface area contributed by atoms with Crippen molar-refractivity contribution >= 4 is 5.91 Å². The predicted molar refractivity (Wildman–Crippen MR) is 38.8 cm³/mol. The highest BCUT2D eigenvalue weighted by Crippen LogP contribution is 1.93. The summed E-state index contributed by atoms with van der Waals surface area (Å²) in [6.45, 7) is 0.342. The van der Waals surface area contributed by atoms with E-state index in [4.69, 9.17) is 11.0 Å². The third-order valence-corrected chi connectivity index (χ3v) is 1.27. The third kappa shape index (κ3) is 1.58. The zero-order valence-corrected chi connectivity index (χ0v) is 6.27. The van der Waals surface area contributed by atoms with Crippen LogP contribution in [0.3, 0.4) is 0 Å². The van der Waals surface area contributed by atoms with Crippen molar-refractivity contribution in [3.8, 4) is 6.07 Å². The molecule has 0 atom stereocenters. The van der Waals surface area contributed by atoms with Gasteiger partial charge in [-0.15, -0.1) is 0 Å². The Hall–Kier alpha value is -1.90. The molecule has 0 bridgehead atoms. The number of primary amides is 1. The summed E-state index contributed by atoms with van der Waals surface area (Å²) in [4.78, 5) is 14.3. The van der Waals surface area contributed by atoms with E-state index in [1.165, 1.54) is 11.0 Å². The van der Waals surface area contributed by atoms with Crippen molar-refractivity contribution in [1.29, 1.82) is 5.26 Å². The summed E-state index contributed by atoms with van der Waals surface area (Å²) in [5.41, 5.74) is 4.99. The van der Waals surface area contributed by atoms with E-state index in [1.807, 2.05) is 6.07 Å². The standard InChI is InChI=1S/C6H7N5O/c7-2-1-3-11-6(5(8)12)9-4-10-11/h4H,1,3H2,(H2,8,12). The molecule has 0 saturated heterocycles. The molecule has 0 aliphatic heterocycles. The molecule has 0 aliphatic rings. The Labute approximate surface area is 68.6 Å². The fourth-order valence-electron chi connectivity index (χ4n) is 0.775. The molecular weight excluding hydrogens is 158 g/mol. The number of amides is 1. The molecule has 0 aliphatic carbocycles. The lowest BCUT2D eigenvalue weighted by Crippen LogP contribution is -2.18. The van der Waals surface area contributed by atoms with Gasteiger partial charge in [-0.1, -0.05) is 0 Å². The summed E-state index contributed by atoms with van der Waals surface area (Å²) in [5, 5.41) is 12.0. The van der Waals surface area contributed by atoms with Crippen LogP contribution in [0, 0.1) is 11.3 Å². The second-order valence-corrected chi connectivity index (χ2v) is 2.08. The van der Waals surface area contributed by atoms with Crippen LogP contribution in [0.25, 0.3) is 0 Å². The number of carbonyl (C=O) groups excluding carboxylic acids is 1. The second kappa shape index (κ2) is 3.48. The van der Waals surface area contributed by atoms with Gasteiger partial charge in [0.1, 0.15) is 6.33 Å². The van der Waals surface area contributed by atoms with Crippen LogP contribution < -0.4 is 5.73 Å². The Kier molecular flexibility index (Phi) is 2.38. The largest absolute Gasteiger partial charge is 0.363 e. The van der Waals surface area contributed by atoms with Crippen molar-refractivity contribution in [3.05, 3.63) is 12.2 Å². The first kappa shape index (κ1) is 8.20. The Morgan fingerprint density at radius 3 is 3.17 bits per heavy atom. The Bertz CT molecular complexity index is 323. The van der Waals surface area contributed by atoms with Crippen molar-refractivity contribution in [2.24, 2.45) is 5.73 Å². The number of carbonyl (C=O) groups is 1. The minimum Gasteiger partial charge on any atom is -0.363 e. The number of hydrogen-bond acceptors (Lipinski definition) is 4. The molecule has 0 saturated carbocycles. The Balaban J connectivity index is 2.79. The van der Waals surface area contributed by atoms with Gasteiger partial charge in [0.25, 0.3) is 5.91 Å². The van der Waals surface area contributed by atoms with E-state index in [0.29, 0.717) is 6.54 Å². The normalized spacial score (nSPS) is 9.25. The summed E-state index contributed by atoms with van der Waals surface area (Å²) < 4.78 is 1.31. The molecular formula is C6H7N5O. The molecule has 1 aromatic rings. The van der Waals surface area contributed by atoms with E-state index in [1.54, 1.807) is 0 Å². The summed E-state index contributed by atoms with van der Waals surface area (Å²) >= 11 is 0. The van der Waals surface area contributed by atoms with Crippen LogP contribution in [0.5, 0.6) is 0 Å². The van der Waals surface area contributed by atoms with Crippen molar-refractivity contribution < 1.29 is 4.79 Å². The van der Waals surface area contributed by atoms with Gasteiger partial charge in [0.05, 0.1) is 19.0 Å². The van der Waals surface area contributed by atoms with Gasteiger partial charge < -0.3 is 5.73 Å². The van der Waals surface area contributed by atoms with Crippen LogP contribution in [-0.4, -0.2) is 20.7 Å². The Morgan fingerprint density at radius 2 is 2.58 bits per heavy atom. The number of nitrogens with zero attached hydrogens (tertiary/aromatic N) is 4. The van der Waals surface area contributed by atoms with Crippen molar-refractivity contribution in [3.63, 3.8) is 0 Å². The number of nitriles is 1. The van der Waals surface area contributed by atoms with Crippen LogP contribution >= 0.6 is 0 Å². The molecule has 6 heteroatoms. The fraction of sp³-hybridized carbons (Fsp3) is 0.333. The maximum atomic E-state index is 10.7.